The summed E-state index contributed by atoms with van der Waals surface area (Å²) in [4.78, 5) is 26.6. The average molecular weight is 423 g/mol. The van der Waals surface area contributed by atoms with Gasteiger partial charge in [0.15, 0.2) is 5.92 Å². The van der Waals surface area contributed by atoms with E-state index in [4.69, 9.17) is 9.47 Å². The van der Waals surface area contributed by atoms with E-state index in [-0.39, 0.29) is 6.54 Å². The molecule has 8 heteroatoms. The molecular formula is C22H24F3NO4. The molecule has 2 aromatic rings. The Morgan fingerprint density at radius 3 is 1.93 bits per heavy atom. The molecule has 0 aromatic heterocycles. The van der Waals surface area contributed by atoms with Gasteiger partial charge < -0.3 is 14.4 Å². The maximum absolute atomic E-state index is 12.9. The van der Waals surface area contributed by atoms with E-state index in [2.05, 4.69) is 0 Å². The molecule has 0 fully saturated rings. The largest absolute Gasteiger partial charge is 0.468 e. The molecule has 0 bridgehead atoms. The van der Waals surface area contributed by atoms with Crippen LogP contribution in [0.2, 0.25) is 0 Å². The van der Waals surface area contributed by atoms with E-state index in [1.54, 1.807) is 7.05 Å². The molecular weight excluding hydrogens is 399 g/mol. The van der Waals surface area contributed by atoms with Gasteiger partial charge >= 0.3 is 18.1 Å². The number of benzene rings is 2. The summed E-state index contributed by atoms with van der Waals surface area (Å²) in [5.41, 5.74) is 0.609. The molecule has 162 valence electrons. The number of carbonyl (C=O) groups excluding carboxylic acids is 2. The summed E-state index contributed by atoms with van der Waals surface area (Å²) in [6.07, 6.45) is -4.48. The molecule has 0 aliphatic rings. The summed E-state index contributed by atoms with van der Waals surface area (Å²) >= 11 is 0. The SMILES string of the molecule is COC(=O)C(C(=O)OC)[C@H](CN(C)Cc1ccccc1)c1ccc(C(F)(F)F)cc1. The number of esters is 2. The Morgan fingerprint density at radius 2 is 1.47 bits per heavy atom. The minimum absolute atomic E-state index is 0.217. The van der Waals surface area contributed by atoms with E-state index in [0.29, 0.717) is 12.1 Å². The van der Waals surface area contributed by atoms with Gasteiger partial charge in [-0.15, -0.1) is 0 Å². The van der Waals surface area contributed by atoms with Gasteiger partial charge in [0.1, 0.15) is 0 Å². The third-order valence-corrected chi connectivity index (χ3v) is 4.78. The standard InChI is InChI=1S/C22H24F3NO4/c1-26(13-15-7-5-4-6-8-15)14-18(19(20(27)29-2)21(28)30-3)16-9-11-17(12-10-16)22(23,24)25/h4-12,18-19H,13-14H2,1-3H3/t18-/m1/s1. The summed E-state index contributed by atoms with van der Waals surface area (Å²) in [5, 5.41) is 0. The van der Waals surface area contributed by atoms with Gasteiger partial charge in [-0.2, -0.15) is 13.2 Å². The van der Waals surface area contributed by atoms with Crippen molar-refractivity contribution in [2.75, 3.05) is 27.8 Å². The second kappa shape index (κ2) is 10.2. The van der Waals surface area contributed by atoms with Crippen molar-refractivity contribution in [3.8, 4) is 0 Å². The summed E-state index contributed by atoms with van der Waals surface area (Å²) < 4.78 is 48.4. The minimum Gasteiger partial charge on any atom is -0.468 e. The van der Waals surface area contributed by atoms with Gasteiger partial charge in [-0.3, -0.25) is 9.59 Å². The van der Waals surface area contributed by atoms with Gasteiger partial charge in [-0.25, -0.2) is 0 Å². The second-order valence-electron chi connectivity index (χ2n) is 6.93. The van der Waals surface area contributed by atoms with Crippen LogP contribution in [0.3, 0.4) is 0 Å². The molecule has 2 aromatic carbocycles. The number of ether oxygens (including phenoxy) is 2. The van der Waals surface area contributed by atoms with E-state index >= 15 is 0 Å². The number of rotatable bonds is 8. The highest BCUT2D eigenvalue weighted by Crippen LogP contribution is 2.33. The molecule has 0 spiro atoms. The van der Waals surface area contributed by atoms with Crippen LogP contribution >= 0.6 is 0 Å². The topological polar surface area (TPSA) is 55.8 Å². The van der Waals surface area contributed by atoms with Crippen LogP contribution in [0.15, 0.2) is 54.6 Å². The number of likely N-dealkylation sites (N-methyl/N-ethyl adjacent to an activating group) is 1. The summed E-state index contributed by atoms with van der Waals surface area (Å²) in [5.74, 6) is -3.68. The Labute approximate surface area is 173 Å². The van der Waals surface area contributed by atoms with Crippen molar-refractivity contribution in [2.24, 2.45) is 5.92 Å². The molecule has 2 rings (SSSR count). The molecule has 0 aliphatic carbocycles. The Hall–Kier alpha value is -2.87. The Bertz CT molecular complexity index is 822. The van der Waals surface area contributed by atoms with Gasteiger partial charge in [0.25, 0.3) is 0 Å². The highest BCUT2D eigenvalue weighted by atomic mass is 19.4. The summed E-state index contributed by atoms with van der Waals surface area (Å²) in [7, 11) is 4.10. The maximum Gasteiger partial charge on any atom is 0.416 e. The van der Waals surface area contributed by atoms with Crippen molar-refractivity contribution in [1.82, 2.24) is 4.90 Å². The fourth-order valence-corrected chi connectivity index (χ4v) is 3.30. The lowest BCUT2D eigenvalue weighted by Crippen LogP contribution is -2.37. The number of alkyl halides is 3. The van der Waals surface area contributed by atoms with Gasteiger partial charge in [-0.05, 0) is 30.3 Å². The molecule has 0 amide bonds. The van der Waals surface area contributed by atoms with Crippen molar-refractivity contribution < 1.29 is 32.2 Å². The molecule has 0 saturated carbocycles. The normalized spacial score (nSPS) is 12.7. The van der Waals surface area contributed by atoms with Crippen LogP contribution in [0.4, 0.5) is 13.2 Å². The van der Waals surface area contributed by atoms with Gasteiger partial charge in [0.2, 0.25) is 0 Å². The Balaban J connectivity index is 2.37. The first-order valence-corrected chi connectivity index (χ1v) is 9.22. The van der Waals surface area contributed by atoms with Crippen LogP contribution in [0.25, 0.3) is 0 Å². The number of halogens is 3. The van der Waals surface area contributed by atoms with Crippen molar-refractivity contribution >= 4 is 11.9 Å². The van der Waals surface area contributed by atoms with E-state index in [0.717, 1.165) is 31.9 Å². The molecule has 0 aliphatic heterocycles. The van der Waals surface area contributed by atoms with Crippen molar-refractivity contribution in [1.29, 1.82) is 0 Å². The zero-order valence-electron chi connectivity index (χ0n) is 17.0. The van der Waals surface area contributed by atoms with Crippen molar-refractivity contribution in [3.05, 3.63) is 71.3 Å². The predicted octanol–water partition coefficient (Wildman–Crippen LogP) is 3.88. The average Bonchev–Trinajstić information content (AvgIpc) is 2.73. The molecule has 0 N–H and O–H groups in total. The first-order chi connectivity index (χ1) is 14.2. The molecule has 0 unspecified atom stereocenters. The molecule has 1 atom stereocenters. The number of carbonyl (C=O) groups is 2. The van der Waals surface area contributed by atoms with Crippen LogP contribution in [0.5, 0.6) is 0 Å². The second-order valence-corrected chi connectivity index (χ2v) is 6.93. The number of hydrogen-bond donors (Lipinski definition) is 0. The third-order valence-electron chi connectivity index (χ3n) is 4.78. The van der Waals surface area contributed by atoms with E-state index in [1.165, 1.54) is 12.1 Å². The molecule has 30 heavy (non-hydrogen) atoms. The smallest absolute Gasteiger partial charge is 0.416 e. The van der Waals surface area contributed by atoms with Crippen molar-refractivity contribution in [2.45, 2.75) is 18.6 Å². The van der Waals surface area contributed by atoms with Crippen LogP contribution in [-0.2, 0) is 31.8 Å². The third kappa shape index (κ3) is 6.06. The molecule has 0 radical (unpaired) electrons. The minimum atomic E-state index is -4.48. The van der Waals surface area contributed by atoms with E-state index < -0.39 is 35.5 Å². The molecule has 5 nitrogen and oxygen atoms in total. The quantitative estimate of drug-likeness (QED) is 0.476. The zero-order valence-corrected chi connectivity index (χ0v) is 17.0. The Kier molecular flexibility index (Phi) is 8.00. The lowest BCUT2D eigenvalue weighted by molar-refractivity contribution is -0.160. The predicted molar refractivity (Wildman–Crippen MR) is 104 cm³/mol. The zero-order chi connectivity index (χ0) is 22.3. The molecule has 0 saturated heterocycles. The highest BCUT2D eigenvalue weighted by Gasteiger charge is 2.39. The van der Waals surface area contributed by atoms with Crippen LogP contribution in [-0.4, -0.2) is 44.7 Å². The monoisotopic (exact) mass is 423 g/mol. The van der Waals surface area contributed by atoms with Crippen LogP contribution in [0.1, 0.15) is 22.6 Å². The number of methoxy groups -OCH3 is 2. The summed E-state index contributed by atoms with van der Waals surface area (Å²) in [6, 6.07) is 14.0. The van der Waals surface area contributed by atoms with Gasteiger partial charge in [0, 0.05) is 19.0 Å². The first kappa shape index (κ1) is 23.4. The summed E-state index contributed by atoms with van der Waals surface area (Å²) in [6.45, 7) is 0.738. The lowest BCUT2D eigenvalue weighted by Gasteiger charge is -2.28. The van der Waals surface area contributed by atoms with Gasteiger partial charge in [0.05, 0.1) is 19.8 Å². The molecule has 0 heterocycles. The number of nitrogens with zero attached hydrogens (tertiary/aromatic N) is 1. The highest BCUT2D eigenvalue weighted by molar-refractivity contribution is 5.96. The van der Waals surface area contributed by atoms with E-state index in [9.17, 15) is 22.8 Å². The van der Waals surface area contributed by atoms with E-state index in [1.807, 2.05) is 35.2 Å². The first-order valence-electron chi connectivity index (χ1n) is 9.22. The fraction of sp³-hybridized carbons (Fsp3) is 0.364. The van der Waals surface area contributed by atoms with Crippen LogP contribution in [0, 0.1) is 5.92 Å². The fourth-order valence-electron chi connectivity index (χ4n) is 3.30. The maximum atomic E-state index is 12.9. The lowest BCUT2D eigenvalue weighted by atomic mass is 9.84. The van der Waals surface area contributed by atoms with Crippen LogP contribution < -0.4 is 0 Å². The Morgan fingerprint density at radius 1 is 0.933 bits per heavy atom. The number of hydrogen-bond acceptors (Lipinski definition) is 5. The van der Waals surface area contributed by atoms with Gasteiger partial charge in [-0.1, -0.05) is 42.5 Å². The van der Waals surface area contributed by atoms with Crippen molar-refractivity contribution in [3.63, 3.8) is 0 Å².